The molecular weight excluding hydrogens is 424 g/mol. The summed E-state index contributed by atoms with van der Waals surface area (Å²) in [6, 6.07) is 12.6. The van der Waals surface area contributed by atoms with Crippen molar-refractivity contribution in [3.63, 3.8) is 0 Å². The second kappa shape index (κ2) is 9.05. The Morgan fingerprint density at radius 1 is 1.03 bits per heavy atom. The van der Waals surface area contributed by atoms with Gasteiger partial charge in [-0.1, -0.05) is 23.8 Å². The Balaban J connectivity index is 1.96. The molecule has 0 saturated heterocycles. The van der Waals surface area contributed by atoms with Crippen molar-refractivity contribution in [3.05, 3.63) is 59.9 Å². The number of amidine groups is 1. The third-order valence-corrected chi connectivity index (χ3v) is 5.56. The summed E-state index contributed by atoms with van der Waals surface area (Å²) in [5.74, 6) is 1.86. The fourth-order valence-corrected chi connectivity index (χ4v) is 4.04. The van der Waals surface area contributed by atoms with Gasteiger partial charge in [0.2, 0.25) is 5.95 Å². The lowest BCUT2D eigenvalue weighted by molar-refractivity contribution is 0.413. The molecule has 0 aliphatic heterocycles. The van der Waals surface area contributed by atoms with Crippen LogP contribution in [-0.4, -0.2) is 45.8 Å². The lowest BCUT2D eigenvalue weighted by atomic mass is 10.0. The lowest BCUT2D eigenvalue weighted by Gasteiger charge is -2.25. The van der Waals surface area contributed by atoms with E-state index in [-0.39, 0.29) is 11.5 Å². The minimum absolute atomic E-state index is 0.208. The van der Waals surface area contributed by atoms with E-state index in [0.29, 0.717) is 0 Å². The van der Waals surface area contributed by atoms with E-state index in [1.54, 1.807) is 32.8 Å². The van der Waals surface area contributed by atoms with Crippen LogP contribution in [0.5, 0.6) is 0 Å². The van der Waals surface area contributed by atoms with Gasteiger partial charge in [-0.2, -0.15) is 0 Å². The predicted octanol–water partition coefficient (Wildman–Crippen LogP) is 4.43. The summed E-state index contributed by atoms with van der Waals surface area (Å²) in [7, 11) is 3.49. The number of nitrogens with two attached hydrogens (primary N) is 1. The SMILES string of the molecule is CN=CNC(=NC)c1cc(C)ccc1-c1nc2cc(-c3cnc(N)nc3)ccc2n1C(C)(C)C. The molecule has 34 heavy (non-hydrogen) atoms. The number of aryl methyl sites for hydroxylation is 1. The first-order chi connectivity index (χ1) is 16.2. The van der Waals surface area contributed by atoms with Crippen LogP contribution in [0.1, 0.15) is 31.9 Å². The standard InChI is InChI=1S/C26H30N8/c1-16-7-9-19(20(11-16)23(29-6)32-15-28-5)24-33-21-12-17(18-13-30-25(27)31-14-18)8-10-22(21)34(24)26(2,3)4/h7-15H,1-6H3,(H2,27,30,31)(H,28,29,32). The molecule has 4 rings (SSSR count). The zero-order valence-corrected chi connectivity index (χ0v) is 20.5. The Hall–Kier alpha value is -4.07. The van der Waals surface area contributed by atoms with Crippen molar-refractivity contribution < 1.29 is 0 Å². The number of aliphatic imine (C=N–C) groups is 2. The van der Waals surface area contributed by atoms with E-state index in [1.165, 1.54) is 0 Å². The van der Waals surface area contributed by atoms with Crippen LogP contribution in [-0.2, 0) is 5.54 Å². The Bertz CT molecular complexity index is 1390. The van der Waals surface area contributed by atoms with Crippen molar-refractivity contribution in [2.24, 2.45) is 9.98 Å². The number of anilines is 1. The largest absolute Gasteiger partial charge is 0.368 e. The van der Waals surface area contributed by atoms with E-state index in [4.69, 9.17) is 10.7 Å². The monoisotopic (exact) mass is 454 g/mol. The highest BCUT2D eigenvalue weighted by molar-refractivity contribution is 6.09. The molecule has 8 nitrogen and oxygen atoms in total. The van der Waals surface area contributed by atoms with Crippen LogP contribution < -0.4 is 11.1 Å². The van der Waals surface area contributed by atoms with Crippen molar-refractivity contribution >= 4 is 29.2 Å². The van der Waals surface area contributed by atoms with Crippen LogP contribution in [0.3, 0.4) is 0 Å². The van der Waals surface area contributed by atoms with Gasteiger partial charge in [0.1, 0.15) is 11.7 Å². The van der Waals surface area contributed by atoms with Crippen LogP contribution >= 0.6 is 0 Å². The third-order valence-electron chi connectivity index (χ3n) is 5.56. The molecule has 2 aromatic carbocycles. The van der Waals surface area contributed by atoms with E-state index in [1.807, 2.05) is 0 Å². The second-order valence-corrected chi connectivity index (χ2v) is 9.13. The fraction of sp³-hybridized carbons (Fsp3) is 0.269. The molecule has 0 fully saturated rings. The molecule has 0 unspecified atom stereocenters. The highest BCUT2D eigenvalue weighted by Crippen LogP contribution is 2.35. The average Bonchev–Trinajstić information content (AvgIpc) is 3.19. The molecule has 174 valence electrons. The Labute approximate surface area is 199 Å². The van der Waals surface area contributed by atoms with E-state index in [2.05, 4.69) is 93.9 Å². The average molecular weight is 455 g/mol. The van der Waals surface area contributed by atoms with Gasteiger partial charge in [0, 0.05) is 48.7 Å². The van der Waals surface area contributed by atoms with E-state index in [0.717, 1.165) is 50.5 Å². The van der Waals surface area contributed by atoms with Crippen molar-refractivity contribution in [1.82, 2.24) is 24.8 Å². The maximum Gasteiger partial charge on any atom is 0.219 e. The van der Waals surface area contributed by atoms with Gasteiger partial charge in [0.15, 0.2) is 0 Å². The summed E-state index contributed by atoms with van der Waals surface area (Å²) in [5.41, 5.74) is 12.4. The van der Waals surface area contributed by atoms with Crippen LogP contribution in [0.25, 0.3) is 33.5 Å². The van der Waals surface area contributed by atoms with Gasteiger partial charge in [-0.3, -0.25) is 9.98 Å². The molecule has 0 amide bonds. The zero-order chi connectivity index (χ0) is 24.5. The van der Waals surface area contributed by atoms with E-state index < -0.39 is 0 Å². The fourth-order valence-electron chi connectivity index (χ4n) is 4.04. The molecule has 0 spiro atoms. The molecule has 0 aliphatic carbocycles. The van der Waals surface area contributed by atoms with E-state index >= 15 is 0 Å². The molecule has 0 bridgehead atoms. The Morgan fingerprint density at radius 2 is 1.76 bits per heavy atom. The number of hydrogen-bond donors (Lipinski definition) is 2. The Kier molecular flexibility index (Phi) is 6.15. The summed E-state index contributed by atoms with van der Waals surface area (Å²) in [4.78, 5) is 21.9. The van der Waals surface area contributed by atoms with E-state index in [9.17, 15) is 0 Å². The molecule has 0 atom stereocenters. The smallest absolute Gasteiger partial charge is 0.219 e. The topological polar surface area (TPSA) is 106 Å². The van der Waals surface area contributed by atoms with Crippen LogP contribution in [0.2, 0.25) is 0 Å². The van der Waals surface area contributed by atoms with Crippen molar-refractivity contribution in [2.75, 3.05) is 19.8 Å². The minimum Gasteiger partial charge on any atom is -0.368 e. The van der Waals surface area contributed by atoms with Crippen molar-refractivity contribution in [1.29, 1.82) is 0 Å². The maximum atomic E-state index is 5.66. The van der Waals surface area contributed by atoms with Gasteiger partial charge in [-0.25, -0.2) is 15.0 Å². The van der Waals surface area contributed by atoms with Gasteiger partial charge < -0.3 is 15.6 Å². The number of imidazole rings is 1. The number of fused-ring (bicyclic) bond motifs is 1. The first kappa shape index (κ1) is 23.1. The number of benzene rings is 2. The molecule has 2 heterocycles. The number of nitrogens with zero attached hydrogens (tertiary/aromatic N) is 6. The number of hydrogen-bond acceptors (Lipinski definition) is 6. The van der Waals surface area contributed by atoms with Crippen LogP contribution in [0.4, 0.5) is 5.95 Å². The highest BCUT2D eigenvalue weighted by Gasteiger charge is 2.25. The number of nitrogen functional groups attached to an aromatic ring is 1. The predicted molar refractivity (Wildman–Crippen MR) is 140 cm³/mol. The number of nitrogens with one attached hydrogen (secondary N) is 1. The van der Waals surface area contributed by atoms with Gasteiger partial charge in [-0.15, -0.1) is 0 Å². The number of aromatic nitrogens is 4. The molecule has 0 radical (unpaired) electrons. The first-order valence-corrected chi connectivity index (χ1v) is 11.1. The maximum absolute atomic E-state index is 5.66. The molecule has 8 heteroatoms. The molecule has 3 N–H and O–H groups in total. The van der Waals surface area contributed by atoms with Crippen molar-refractivity contribution in [3.8, 4) is 22.5 Å². The van der Waals surface area contributed by atoms with Gasteiger partial charge in [0.05, 0.1) is 17.4 Å². The molecule has 0 aliphatic rings. The molecule has 2 aromatic heterocycles. The van der Waals surface area contributed by atoms with Gasteiger partial charge in [0.25, 0.3) is 0 Å². The Morgan fingerprint density at radius 3 is 2.41 bits per heavy atom. The van der Waals surface area contributed by atoms with Crippen LogP contribution in [0, 0.1) is 6.92 Å². The molecule has 4 aromatic rings. The zero-order valence-electron chi connectivity index (χ0n) is 20.5. The summed E-state index contributed by atoms with van der Waals surface area (Å²) in [6.45, 7) is 8.63. The summed E-state index contributed by atoms with van der Waals surface area (Å²) in [6.07, 6.45) is 5.10. The van der Waals surface area contributed by atoms with Gasteiger partial charge in [-0.05, 0) is 51.5 Å². The number of rotatable bonds is 4. The third kappa shape index (κ3) is 4.39. The first-order valence-electron chi connectivity index (χ1n) is 11.1. The minimum atomic E-state index is -0.208. The second-order valence-electron chi connectivity index (χ2n) is 9.13. The summed E-state index contributed by atoms with van der Waals surface area (Å²) >= 11 is 0. The molecular formula is C26H30N8. The highest BCUT2D eigenvalue weighted by atomic mass is 15.1. The molecule has 0 saturated carbocycles. The summed E-state index contributed by atoms with van der Waals surface area (Å²) in [5, 5.41) is 3.20. The summed E-state index contributed by atoms with van der Waals surface area (Å²) < 4.78 is 2.28. The quantitative estimate of drug-likeness (QED) is 0.350. The van der Waals surface area contributed by atoms with Crippen molar-refractivity contribution in [2.45, 2.75) is 33.2 Å². The normalized spacial score (nSPS) is 12.6. The lowest BCUT2D eigenvalue weighted by Crippen LogP contribution is -2.26. The van der Waals surface area contributed by atoms with Crippen LogP contribution in [0.15, 0.2) is 58.8 Å². The van der Waals surface area contributed by atoms with Gasteiger partial charge >= 0.3 is 0 Å².